The predicted molar refractivity (Wildman–Crippen MR) is 112 cm³/mol. The Kier molecular flexibility index (Phi) is 5.79. The minimum atomic E-state index is -0.978. The van der Waals surface area contributed by atoms with Crippen molar-refractivity contribution in [2.75, 3.05) is 5.32 Å². The number of thiazole rings is 1. The smallest absolute Gasteiger partial charge is 0.319 e. The summed E-state index contributed by atoms with van der Waals surface area (Å²) in [7, 11) is 0. The number of nitrogens with one attached hydrogen (secondary N) is 1. The summed E-state index contributed by atoms with van der Waals surface area (Å²) in [4.78, 5) is 30.0. The molecule has 0 spiro atoms. The average Bonchev–Trinajstić information content (AvgIpc) is 3.02. The van der Waals surface area contributed by atoms with Crippen molar-refractivity contribution in [2.45, 2.75) is 39.3 Å². The van der Waals surface area contributed by atoms with Gasteiger partial charge in [0, 0.05) is 0 Å². The molecule has 2 aromatic carbocycles. The van der Waals surface area contributed by atoms with Crippen LogP contribution in [0.25, 0.3) is 10.2 Å². The summed E-state index contributed by atoms with van der Waals surface area (Å²) >= 11 is 1.49. The summed E-state index contributed by atoms with van der Waals surface area (Å²) in [5.41, 5.74) is 1.02. The Morgan fingerprint density at radius 3 is 2.29 bits per heavy atom. The predicted octanol–water partition coefficient (Wildman–Crippen LogP) is 5.00. The van der Waals surface area contributed by atoms with Crippen LogP contribution in [-0.2, 0) is 14.3 Å². The number of aromatic nitrogens is 1. The van der Waals surface area contributed by atoms with Gasteiger partial charge in [0.1, 0.15) is 17.3 Å². The number of ketones is 1. The molecule has 2 atom stereocenters. The molecule has 1 N–H and O–H groups in total. The van der Waals surface area contributed by atoms with Crippen LogP contribution in [0.4, 0.5) is 5.13 Å². The summed E-state index contributed by atoms with van der Waals surface area (Å²) in [6.07, 6.45) is 0. The van der Waals surface area contributed by atoms with Gasteiger partial charge in [0.2, 0.25) is 0 Å². The summed E-state index contributed by atoms with van der Waals surface area (Å²) in [5.74, 6) is -1.77. The monoisotopic (exact) mass is 396 g/mol. The molecule has 0 radical (unpaired) electrons. The first-order chi connectivity index (χ1) is 13.2. The lowest BCUT2D eigenvalue weighted by Crippen LogP contribution is -2.38. The van der Waals surface area contributed by atoms with Crippen molar-refractivity contribution in [3.63, 3.8) is 0 Å². The molecule has 6 heteroatoms. The molecule has 0 amide bonds. The van der Waals surface area contributed by atoms with E-state index in [0.717, 1.165) is 15.8 Å². The number of Topliss-reactive ketones (excluding diaryl/α,β-unsaturated/α-hetero) is 1. The quantitative estimate of drug-likeness (QED) is 0.469. The number of anilines is 1. The minimum absolute atomic E-state index is 0.253. The van der Waals surface area contributed by atoms with Crippen LogP contribution in [0.15, 0.2) is 54.6 Å². The standard InChI is InChI=1S/C22H24N2O3S/c1-14(25)18(20(26)27-22(2,3)4)19(15-10-6-5-7-11-15)24-21-23-16-12-8-9-13-17(16)28-21/h5-13,18-19H,1-4H3,(H,23,24). The largest absolute Gasteiger partial charge is 0.459 e. The van der Waals surface area contributed by atoms with Crippen LogP contribution in [0.5, 0.6) is 0 Å². The zero-order valence-electron chi connectivity index (χ0n) is 16.4. The zero-order chi connectivity index (χ0) is 20.3. The Bertz CT molecular complexity index is 943. The van der Waals surface area contributed by atoms with E-state index in [2.05, 4.69) is 10.3 Å². The number of hydrogen-bond acceptors (Lipinski definition) is 6. The fourth-order valence-corrected chi connectivity index (χ4v) is 3.89. The lowest BCUT2D eigenvalue weighted by Gasteiger charge is -2.28. The second kappa shape index (κ2) is 8.10. The van der Waals surface area contributed by atoms with Gasteiger partial charge in [-0.2, -0.15) is 0 Å². The van der Waals surface area contributed by atoms with Crippen LogP contribution in [0, 0.1) is 5.92 Å². The third-order valence-corrected chi connectivity index (χ3v) is 5.13. The van der Waals surface area contributed by atoms with Crippen molar-refractivity contribution in [2.24, 2.45) is 5.92 Å². The number of benzene rings is 2. The van der Waals surface area contributed by atoms with E-state index < -0.39 is 23.5 Å². The highest BCUT2D eigenvalue weighted by molar-refractivity contribution is 7.22. The topological polar surface area (TPSA) is 68.3 Å². The average molecular weight is 397 g/mol. The van der Waals surface area contributed by atoms with E-state index in [1.807, 2.05) is 54.6 Å². The van der Waals surface area contributed by atoms with Crippen molar-refractivity contribution >= 4 is 38.4 Å². The molecule has 0 saturated heterocycles. The number of carbonyl (C=O) groups is 2. The van der Waals surface area contributed by atoms with E-state index in [0.29, 0.717) is 5.13 Å². The normalized spacial score (nSPS) is 13.7. The molecule has 0 bridgehead atoms. The molecule has 3 aromatic rings. The summed E-state index contributed by atoms with van der Waals surface area (Å²) in [5, 5.41) is 3.98. The molecule has 1 heterocycles. The highest BCUT2D eigenvalue weighted by atomic mass is 32.1. The van der Waals surface area contributed by atoms with Gasteiger partial charge in [-0.1, -0.05) is 53.8 Å². The van der Waals surface area contributed by atoms with Gasteiger partial charge < -0.3 is 10.1 Å². The van der Waals surface area contributed by atoms with E-state index >= 15 is 0 Å². The summed E-state index contributed by atoms with van der Waals surface area (Å²) < 4.78 is 6.58. The molecule has 5 nitrogen and oxygen atoms in total. The van der Waals surface area contributed by atoms with E-state index in [1.165, 1.54) is 18.3 Å². The van der Waals surface area contributed by atoms with Crippen LogP contribution in [0.1, 0.15) is 39.3 Å². The number of carbonyl (C=O) groups excluding carboxylic acids is 2. The first kappa shape index (κ1) is 20.0. The Labute approximate surface area is 168 Å². The molecule has 146 valence electrons. The van der Waals surface area contributed by atoms with Crippen molar-refractivity contribution in [1.82, 2.24) is 4.98 Å². The number of esters is 1. The van der Waals surface area contributed by atoms with Gasteiger partial charge in [-0.3, -0.25) is 9.59 Å². The zero-order valence-corrected chi connectivity index (χ0v) is 17.2. The minimum Gasteiger partial charge on any atom is -0.459 e. The van der Waals surface area contributed by atoms with Gasteiger partial charge >= 0.3 is 5.97 Å². The summed E-state index contributed by atoms with van der Waals surface area (Å²) in [6, 6.07) is 16.7. The summed E-state index contributed by atoms with van der Waals surface area (Å²) in [6.45, 7) is 6.80. The van der Waals surface area contributed by atoms with E-state index in [1.54, 1.807) is 20.8 Å². The van der Waals surface area contributed by atoms with Crippen LogP contribution < -0.4 is 5.32 Å². The van der Waals surface area contributed by atoms with Crippen LogP contribution >= 0.6 is 11.3 Å². The van der Waals surface area contributed by atoms with E-state index in [9.17, 15) is 9.59 Å². The van der Waals surface area contributed by atoms with Gasteiger partial charge in [-0.05, 0) is 45.4 Å². The molecule has 2 unspecified atom stereocenters. The molecule has 28 heavy (non-hydrogen) atoms. The van der Waals surface area contributed by atoms with Crippen molar-refractivity contribution in [1.29, 1.82) is 0 Å². The molecule has 0 aliphatic rings. The molecule has 0 aliphatic carbocycles. The maximum atomic E-state index is 12.9. The Morgan fingerprint density at radius 1 is 1.04 bits per heavy atom. The molecule has 0 fully saturated rings. The number of ether oxygens (including phenoxy) is 1. The third kappa shape index (κ3) is 4.75. The fraction of sp³-hybridized carbons (Fsp3) is 0.318. The van der Waals surface area contributed by atoms with Gasteiger partial charge in [0.25, 0.3) is 0 Å². The van der Waals surface area contributed by atoms with Gasteiger partial charge in [-0.15, -0.1) is 0 Å². The highest BCUT2D eigenvalue weighted by Crippen LogP contribution is 2.33. The Balaban J connectivity index is 1.99. The molecular weight excluding hydrogens is 372 g/mol. The lowest BCUT2D eigenvalue weighted by atomic mass is 9.90. The maximum absolute atomic E-state index is 12.9. The van der Waals surface area contributed by atoms with E-state index in [4.69, 9.17) is 4.74 Å². The third-order valence-electron chi connectivity index (χ3n) is 4.16. The van der Waals surface area contributed by atoms with Crippen LogP contribution in [0.3, 0.4) is 0 Å². The molecule has 0 aliphatic heterocycles. The fourth-order valence-electron chi connectivity index (χ4n) is 2.99. The first-order valence-electron chi connectivity index (χ1n) is 9.15. The number of rotatable bonds is 6. The lowest BCUT2D eigenvalue weighted by molar-refractivity contribution is -0.162. The van der Waals surface area contributed by atoms with Gasteiger partial charge in [-0.25, -0.2) is 4.98 Å². The highest BCUT2D eigenvalue weighted by Gasteiger charge is 2.37. The van der Waals surface area contributed by atoms with Crippen molar-refractivity contribution in [3.05, 3.63) is 60.2 Å². The van der Waals surface area contributed by atoms with Crippen molar-refractivity contribution in [3.8, 4) is 0 Å². The van der Waals surface area contributed by atoms with E-state index in [-0.39, 0.29) is 5.78 Å². The Hall–Kier alpha value is -2.73. The number of nitrogens with zero attached hydrogens (tertiary/aromatic N) is 1. The number of hydrogen-bond donors (Lipinski definition) is 1. The van der Waals surface area contributed by atoms with Crippen molar-refractivity contribution < 1.29 is 14.3 Å². The molecule has 3 rings (SSSR count). The SMILES string of the molecule is CC(=O)C(C(=O)OC(C)(C)C)C(Nc1nc2ccccc2s1)c1ccccc1. The number of fused-ring (bicyclic) bond motifs is 1. The van der Waals surface area contributed by atoms with Crippen LogP contribution in [0.2, 0.25) is 0 Å². The molecular formula is C22H24N2O3S. The first-order valence-corrected chi connectivity index (χ1v) is 9.96. The molecule has 1 aromatic heterocycles. The second-order valence-corrected chi connectivity index (χ2v) is 8.67. The molecule has 0 saturated carbocycles. The second-order valence-electron chi connectivity index (χ2n) is 7.64. The Morgan fingerprint density at radius 2 is 1.68 bits per heavy atom. The maximum Gasteiger partial charge on any atom is 0.319 e. The van der Waals surface area contributed by atoms with Crippen LogP contribution in [-0.4, -0.2) is 22.3 Å². The van der Waals surface area contributed by atoms with Gasteiger partial charge in [0.05, 0.1) is 16.3 Å². The van der Waals surface area contributed by atoms with Gasteiger partial charge in [0.15, 0.2) is 5.13 Å². The number of para-hydroxylation sites is 1.